The summed E-state index contributed by atoms with van der Waals surface area (Å²) in [7, 11) is 1.64. The molecule has 4 heteroatoms. The van der Waals surface area contributed by atoms with Crippen LogP contribution in [0.1, 0.15) is 35.1 Å². The van der Waals surface area contributed by atoms with Gasteiger partial charge in [0.05, 0.1) is 23.3 Å². The highest BCUT2D eigenvalue weighted by Gasteiger charge is 2.31. The molecule has 0 spiro atoms. The zero-order chi connectivity index (χ0) is 14.3. The van der Waals surface area contributed by atoms with Crippen LogP contribution in [-0.2, 0) is 0 Å². The van der Waals surface area contributed by atoms with Gasteiger partial charge in [-0.3, -0.25) is 0 Å². The van der Waals surface area contributed by atoms with E-state index >= 15 is 0 Å². The summed E-state index contributed by atoms with van der Waals surface area (Å²) in [5, 5.41) is 11.3. The van der Waals surface area contributed by atoms with Gasteiger partial charge in [0.25, 0.3) is 0 Å². The predicted molar refractivity (Wildman–Crippen MR) is 80.9 cm³/mol. The Morgan fingerprint density at radius 3 is 2.55 bits per heavy atom. The molecule has 0 unspecified atom stereocenters. The van der Waals surface area contributed by atoms with Crippen LogP contribution in [-0.4, -0.2) is 12.2 Å². The lowest BCUT2D eigenvalue weighted by Gasteiger charge is -2.13. The van der Waals surface area contributed by atoms with Gasteiger partial charge in [-0.15, -0.1) is 0 Å². The molecule has 2 nitrogen and oxygen atoms in total. The Kier molecular flexibility index (Phi) is 3.63. The molecule has 3 rings (SSSR count). The van der Waals surface area contributed by atoms with E-state index in [4.69, 9.17) is 27.9 Å². The molecule has 0 saturated heterocycles. The van der Waals surface area contributed by atoms with Gasteiger partial charge in [-0.05, 0) is 47.4 Å². The van der Waals surface area contributed by atoms with Crippen LogP contribution in [0.3, 0.4) is 0 Å². The zero-order valence-electron chi connectivity index (χ0n) is 10.9. The molecule has 20 heavy (non-hydrogen) atoms. The zero-order valence-corrected chi connectivity index (χ0v) is 12.4. The Balaban J connectivity index is 2.07. The van der Waals surface area contributed by atoms with Crippen molar-refractivity contribution in [3.8, 4) is 5.75 Å². The fourth-order valence-electron chi connectivity index (χ4n) is 2.81. The first kappa shape index (κ1) is 13.7. The van der Waals surface area contributed by atoms with E-state index in [0.717, 1.165) is 22.4 Å². The number of ether oxygens (including phenoxy) is 1. The van der Waals surface area contributed by atoms with Crippen molar-refractivity contribution in [1.82, 2.24) is 0 Å². The second-order valence-electron chi connectivity index (χ2n) is 4.97. The fourth-order valence-corrected chi connectivity index (χ4v) is 3.11. The molecule has 2 atom stereocenters. The van der Waals surface area contributed by atoms with Crippen molar-refractivity contribution in [3.63, 3.8) is 0 Å². The highest BCUT2D eigenvalue weighted by molar-refractivity contribution is 6.42. The summed E-state index contributed by atoms with van der Waals surface area (Å²) in [5.74, 6) is 0.910. The third-order valence-corrected chi connectivity index (χ3v) is 4.57. The molecule has 0 saturated carbocycles. The van der Waals surface area contributed by atoms with Crippen LogP contribution in [0.25, 0.3) is 0 Å². The summed E-state index contributed by atoms with van der Waals surface area (Å²) in [6.45, 7) is 0. The Morgan fingerprint density at radius 2 is 1.85 bits per heavy atom. The van der Waals surface area contributed by atoms with Gasteiger partial charge in [0.15, 0.2) is 0 Å². The molecule has 104 valence electrons. The number of hydrogen-bond donors (Lipinski definition) is 1. The third kappa shape index (κ3) is 2.28. The number of benzene rings is 2. The van der Waals surface area contributed by atoms with Crippen molar-refractivity contribution in [2.24, 2.45) is 0 Å². The van der Waals surface area contributed by atoms with Gasteiger partial charge in [-0.2, -0.15) is 0 Å². The Labute approximate surface area is 127 Å². The van der Waals surface area contributed by atoms with Crippen LogP contribution in [0, 0.1) is 0 Å². The van der Waals surface area contributed by atoms with Gasteiger partial charge in [0.2, 0.25) is 0 Å². The van der Waals surface area contributed by atoms with E-state index < -0.39 is 6.10 Å². The number of halogens is 2. The highest BCUT2D eigenvalue weighted by Crippen LogP contribution is 2.46. The molecular weight excluding hydrogens is 295 g/mol. The normalized spacial score (nSPS) is 20.8. The number of rotatable bonds is 2. The van der Waals surface area contributed by atoms with Gasteiger partial charge >= 0.3 is 0 Å². The maximum atomic E-state index is 10.2. The summed E-state index contributed by atoms with van der Waals surface area (Å²) in [4.78, 5) is 0. The van der Waals surface area contributed by atoms with E-state index in [9.17, 15) is 5.11 Å². The van der Waals surface area contributed by atoms with Crippen molar-refractivity contribution < 1.29 is 9.84 Å². The number of fused-ring (bicyclic) bond motifs is 1. The quantitative estimate of drug-likeness (QED) is 0.880. The predicted octanol–water partition coefficient (Wildman–Crippen LogP) is 4.57. The van der Waals surface area contributed by atoms with Crippen molar-refractivity contribution in [2.75, 3.05) is 7.11 Å². The minimum atomic E-state index is -0.449. The molecule has 0 amide bonds. The molecular formula is C16H14Cl2O2. The van der Waals surface area contributed by atoms with Crippen LogP contribution in [0.2, 0.25) is 10.0 Å². The molecule has 1 aliphatic carbocycles. The van der Waals surface area contributed by atoms with E-state index in [1.54, 1.807) is 13.2 Å². The minimum absolute atomic E-state index is 0.116. The third-order valence-electron chi connectivity index (χ3n) is 3.83. The van der Waals surface area contributed by atoms with Crippen molar-refractivity contribution >= 4 is 23.2 Å². The Bertz CT molecular complexity index is 655. The topological polar surface area (TPSA) is 29.5 Å². The van der Waals surface area contributed by atoms with Crippen LogP contribution in [0.15, 0.2) is 36.4 Å². The van der Waals surface area contributed by atoms with Crippen LogP contribution >= 0.6 is 23.2 Å². The van der Waals surface area contributed by atoms with E-state index in [2.05, 4.69) is 0 Å². The first-order valence-corrected chi connectivity index (χ1v) is 7.16. The summed E-state index contributed by atoms with van der Waals surface area (Å²) in [5.41, 5.74) is 3.11. The average Bonchev–Trinajstić information content (AvgIpc) is 2.78. The molecule has 2 aromatic carbocycles. The van der Waals surface area contributed by atoms with Gasteiger partial charge in [-0.25, -0.2) is 0 Å². The second kappa shape index (κ2) is 5.28. The Morgan fingerprint density at radius 1 is 1.05 bits per heavy atom. The van der Waals surface area contributed by atoms with Gasteiger partial charge in [-0.1, -0.05) is 35.3 Å². The molecule has 0 aliphatic heterocycles. The number of methoxy groups -OCH3 is 1. The molecule has 0 heterocycles. The molecule has 0 fully saturated rings. The number of hydrogen-bond acceptors (Lipinski definition) is 2. The van der Waals surface area contributed by atoms with Crippen molar-refractivity contribution in [1.29, 1.82) is 0 Å². The SMILES string of the molecule is COc1ccc2c(c1)[C@H](c1ccc(Cl)c(Cl)c1)C[C@@H]2O. The van der Waals surface area contributed by atoms with E-state index in [0.29, 0.717) is 16.5 Å². The van der Waals surface area contributed by atoms with Crippen LogP contribution in [0.5, 0.6) is 5.75 Å². The van der Waals surface area contributed by atoms with Crippen LogP contribution < -0.4 is 4.74 Å². The number of aliphatic hydroxyl groups excluding tert-OH is 1. The summed E-state index contributed by atoms with van der Waals surface area (Å²) >= 11 is 12.1. The summed E-state index contributed by atoms with van der Waals surface area (Å²) in [6, 6.07) is 11.4. The molecule has 0 aromatic heterocycles. The lowest BCUT2D eigenvalue weighted by atomic mass is 9.93. The molecule has 0 radical (unpaired) electrons. The van der Waals surface area contributed by atoms with Gasteiger partial charge in [0, 0.05) is 5.92 Å². The fraction of sp³-hybridized carbons (Fsp3) is 0.250. The highest BCUT2D eigenvalue weighted by atomic mass is 35.5. The first-order valence-electron chi connectivity index (χ1n) is 6.41. The maximum Gasteiger partial charge on any atom is 0.119 e. The van der Waals surface area contributed by atoms with Crippen molar-refractivity contribution in [2.45, 2.75) is 18.4 Å². The minimum Gasteiger partial charge on any atom is -0.497 e. The maximum absolute atomic E-state index is 10.2. The summed E-state index contributed by atoms with van der Waals surface area (Å²) in [6.07, 6.45) is 0.204. The van der Waals surface area contributed by atoms with Crippen molar-refractivity contribution in [3.05, 3.63) is 63.1 Å². The largest absolute Gasteiger partial charge is 0.497 e. The molecule has 0 bridgehead atoms. The van der Waals surface area contributed by atoms with Gasteiger partial charge < -0.3 is 9.84 Å². The van der Waals surface area contributed by atoms with E-state index in [1.165, 1.54) is 0 Å². The summed E-state index contributed by atoms with van der Waals surface area (Å²) < 4.78 is 5.27. The van der Waals surface area contributed by atoms with E-state index in [1.807, 2.05) is 30.3 Å². The smallest absolute Gasteiger partial charge is 0.119 e. The average molecular weight is 309 g/mol. The van der Waals surface area contributed by atoms with Gasteiger partial charge in [0.1, 0.15) is 5.75 Å². The standard InChI is InChI=1S/C16H14Cl2O2/c1-20-10-3-4-11-13(7-10)12(8-16(11)19)9-2-5-14(17)15(18)6-9/h2-7,12,16,19H,8H2,1H3/t12-,16-/m0/s1. The number of aliphatic hydroxyl groups is 1. The lowest BCUT2D eigenvalue weighted by molar-refractivity contribution is 0.176. The molecule has 1 N–H and O–H groups in total. The lowest BCUT2D eigenvalue weighted by Crippen LogP contribution is -1.97. The monoisotopic (exact) mass is 308 g/mol. The Hall–Kier alpha value is -1.22. The van der Waals surface area contributed by atoms with Crippen LogP contribution in [0.4, 0.5) is 0 Å². The van der Waals surface area contributed by atoms with E-state index in [-0.39, 0.29) is 5.92 Å². The first-order chi connectivity index (χ1) is 9.60. The molecule has 1 aliphatic rings. The molecule has 2 aromatic rings. The second-order valence-corrected chi connectivity index (χ2v) is 5.79.